The van der Waals surface area contributed by atoms with Gasteiger partial charge in [-0.3, -0.25) is 0 Å². The molecule has 0 aromatic rings. The average Bonchev–Trinajstić information content (AvgIpc) is 1.86. The zero-order valence-corrected chi connectivity index (χ0v) is 8.22. The Labute approximate surface area is 81.6 Å². The van der Waals surface area contributed by atoms with Crippen LogP contribution in [0.15, 0.2) is 0 Å². The summed E-state index contributed by atoms with van der Waals surface area (Å²) >= 11 is 17.0. The fourth-order valence-corrected chi connectivity index (χ4v) is 1.92. The van der Waals surface area contributed by atoms with Crippen LogP contribution in [0.3, 0.4) is 0 Å². The van der Waals surface area contributed by atoms with Gasteiger partial charge in [0.15, 0.2) is 3.79 Å². The van der Waals surface area contributed by atoms with E-state index < -0.39 is 3.79 Å². The number of alkyl halides is 3. The Bertz CT molecular complexity index is 124. The Morgan fingerprint density at radius 1 is 1.18 bits per heavy atom. The topological polar surface area (TPSA) is 19.9 Å². The SMILES string of the molecule is [O][C]1CCC(C(Cl)(Cl)Cl)CC1. The second kappa shape index (κ2) is 3.69. The van der Waals surface area contributed by atoms with E-state index in [0.29, 0.717) is 12.8 Å². The molecule has 1 nitrogen and oxygen atoms in total. The molecule has 4 heteroatoms. The van der Waals surface area contributed by atoms with E-state index in [4.69, 9.17) is 34.8 Å². The molecule has 0 aliphatic heterocycles. The molecule has 0 spiro atoms. The fraction of sp³-hybridized carbons (Fsp3) is 0.857. The van der Waals surface area contributed by atoms with Crippen LogP contribution in [0.4, 0.5) is 0 Å². The molecule has 1 aliphatic carbocycles. The lowest BCUT2D eigenvalue weighted by Crippen LogP contribution is -2.24. The van der Waals surface area contributed by atoms with Gasteiger partial charge in [-0.2, -0.15) is 0 Å². The van der Waals surface area contributed by atoms with Gasteiger partial charge in [0.05, 0.1) is 0 Å². The normalized spacial score (nSPS) is 24.0. The minimum Gasteiger partial charge on any atom is -0.226 e. The molecule has 1 fully saturated rings. The first kappa shape index (κ1) is 9.91. The molecule has 1 aliphatic rings. The second-order valence-electron chi connectivity index (χ2n) is 2.85. The molecule has 64 valence electrons. The van der Waals surface area contributed by atoms with Gasteiger partial charge >= 0.3 is 0 Å². The van der Waals surface area contributed by atoms with Gasteiger partial charge in [0.2, 0.25) is 0 Å². The summed E-state index contributed by atoms with van der Waals surface area (Å²) < 4.78 is -1.18. The Kier molecular flexibility index (Phi) is 3.33. The Morgan fingerprint density at radius 2 is 1.64 bits per heavy atom. The maximum absolute atomic E-state index is 10.8. The van der Waals surface area contributed by atoms with Crippen LogP contribution < -0.4 is 0 Å². The van der Waals surface area contributed by atoms with Gasteiger partial charge in [0.25, 0.3) is 0 Å². The molecule has 1 saturated carbocycles. The predicted octanol–water partition coefficient (Wildman–Crippen LogP) is 3.51. The van der Waals surface area contributed by atoms with Gasteiger partial charge in [-0.15, -0.1) is 0 Å². The van der Waals surface area contributed by atoms with Crippen LogP contribution in [0.2, 0.25) is 0 Å². The minimum absolute atomic E-state index is 0.0604. The van der Waals surface area contributed by atoms with Crippen molar-refractivity contribution in [3.8, 4) is 0 Å². The maximum Gasteiger partial charge on any atom is 0.193 e. The van der Waals surface area contributed by atoms with Crippen molar-refractivity contribution in [3.63, 3.8) is 0 Å². The van der Waals surface area contributed by atoms with Crippen molar-refractivity contribution >= 4 is 34.8 Å². The Balaban J connectivity index is 2.39. The first-order chi connectivity index (χ1) is 5.00. The van der Waals surface area contributed by atoms with Gasteiger partial charge in [-0.05, 0) is 25.7 Å². The second-order valence-corrected chi connectivity index (χ2v) is 5.22. The highest BCUT2D eigenvalue weighted by Crippen LogP contribution is 2.44. The molecule has 2 radical (unpaired) electrons. The monoisotopic (exact) mass is 214 g/mol. The van der Waals surface area contributed by atoms with Crippen LogP contribution in [-0.4, -0.2) is 3.79 Å². The Morgan fingerprint density at radius 3 is 2.00 bits per heavy atom. The maximum atomic E-state index is 10.8. The van der Waals surface area contributed by atoms with Crippen molar-refractivity contribution in [1.82, 2.24) is 0 Å². The van der Waals surface area contributed by atoms with Crippen LogP contribution in [-0.2, 0) is 5.11 Å². The molecule has 0 unspecified atom stereocenters. The lowest BCUT2D eigenvalue weighted by atomic mass is 9.88. The summed E-state index contributed by atoms with van der Waals surface area (Å²) in [5.74, 6) is 0.0604. The fourth-order valence-electron chi connectivity index (χ4n) is 1.27. The van der Waals surface area contributed by atoms with Crippen molar-refractivity contribution in [3.05, 3.63) is 6.10 Å². The number of hydrogen-bond donors (Lipinski definition) is 0. The van der Waals surface area contributed by atoms with E-state index in [-0.39, 0.29) is 12.0 Å². The number of hydrogen-bond acceptors (Lipinski definition) is 0. The molecular formula is C7H9Cl3O. The first-order valence-corrected chi connectivity index (χ1v) is 4.72. The quantitative estimate of drug-likeness (QED) is 0.551. The molecule has 0 aromatic carbocycles. The smallest absolute Gasteiger partial charge is 0.193 e. The summed E-state index contributed by atoms with van der Waals surface area (Å²) in [6.45, 7) is 0. The summed E-state index contributed by atoms with van der Waals surface area (Å²) in [6.07, 6.45) is 2.86. The highest BCUT2D eigenvalue weighted by atomic mass is 35.6. The molecule has 0 amide bonds. The van der Waals surface area contributed by atoms with Gasteiger partial charge in [0.1, 0.15) is 6.10 Å². The van der Waals surface area contributed by atoms with Crippen molar-refractivity contribution in [2.75, 3.05) is 0 Å². The lowest BCUT2D eigenvalue weighted by molar-refractivity contribution is 0.140. The van der Waals surface area contributed by atoms with Crippen LogP contribution in [0.5, 0.6) is 0 Å². The third kappa shape index (κ3) is 2.98. The van der Waals surface area contributed by atoms with Crippen LogP contribution in [0.1, 0.15) is 25.7 Å². The zero-order valence-electron chi connectivity index (χ0n) is 5.95. The van der Waals surface area contributed by atoms with Gasteiger partial charge < -0.3 is 0 Å². The summed E-state index contributed by atoms with van der Waals surface area (Å²) in [5.41, 5.74) is 0. The third-order valence-corrected chi connectivity index (χ3v) is 2.93. The van der Waals surface area contributed by atoms with Crippen molar-refractivity contribution < 1.29 is 5.11 Å². The highest BCUT2D eigenvalue weighted by molar-refractivity contribution is 6.67. The van der Waals surface area contributed by atoms with E-state index in [1.807, 2.05) is 0 Å². The van der Waals surface area contributed by atoms with E-state index in [2.05, 4.69) is 0 Å². The summed E-state index contributed by atoms with van der Waals surface area (Å²) in [6, 6.07) is 0. The number of halogens is 3. The first-order valence-electron chi connectivity index (χ1n) is 3.58. The van der Waals surface area contributed by atoms with Crippen LogP contribution in [0, 0.1) is 12.0 Å². The largest absolute Gasteiger partial charge is 0.226 e. The molecule has 1 rings (SSSR count). The van der Waals surface area contributed by atoms with Gasteiger partial charge in [-0.25, -0.2) is 5.11 Å². The van der Waals surface area contributed by atoms with Crippen molar-refractivity contribution in [2.45, 2.75) is 29.5 Å². The van der Waals surface area contributed by atoms with Crippen LogP contribution in [0.25, 0.3) is 0 Å². The molecule has 0 N–H and O–H groups in total. The standard InChI is InChI=1S/C7H9Cl3O/c8-7(9,10)5-1-3-6(11)4-2-5/h5H,1-4H2. The van der Waals surface area contributed by atoms with E-state index in [0.717, 1.165) is 12.8 Å². The molecule has 0 atom stereocenters. The summed E-state index contributed by atoms with van der Waals surface area (Å²) in [5, 5.41) is 10.8. The molecular weight excluding hydrogens is 206 g/mol. The van der Waals surface area contributed by atoms with E-state index >= 15 is 0 Å². The number of rotatable bonds is 0. The molecule has 0 heterocycles. The predicted molar refractivity (Wildman–Crippen MR) is 46.2 cm³/mol. The van der Waals surface area contributed by atoms with Gasteiger partial charge in [0, 0.05) is 5.92 Å². The van der Waals surface area contributed by atoms with E-state index in [1.54, 1.807) is 0 Å². The molecule has 0 bridgehead atoms. The van der Waals surface area contributed by atoms with E-state index in [9.17, 15) is 5.11 Å². The van der Waals surface area contributed by atoms with Crippen molar-refractivity contribution in [2.24, 2.45) is 5.92 Å². The summed E-state index contributed by atoms with van der Waals surface area (Å²) in [4.78, 5) is 0. The van der Waals surface area contributed by atoms with E-state index in [1.165, 1.54) is 0 Å². The van der Waals surface area contributed by atoms with Crippen LogP contribution >= 0.6 is 34.8 Å². The summed E-state index contributed by atoms with van der Waals surface area (Å²) in [7, 11) is 0. The molecule has 0 aromatic heterocycles. The molecule has 11 heavy (non-hydrogen) atoms. The lowest BCUT2D eigenvalue weighted by Gasteiger charge is -2.28. The molecule has 0 saturated heterocycles. The van der Waals surface area contributed by atoms with Gasteiger partial charge in [-0.1, -0.05) is 34.8 Å². The Hall–Kier alpha value is 0.830. The zero-order chi connectivity index (χ0) is 8.48. The third-order valence-electron chi connectivity index (χ3n) is 2.01. The minimum atomic E-state index is -1.18. The average molecular weight is 216 g/mol. The highest BCUT2D eigenvalue weighted by Gasteiger charge is 2.35. The van der Waals surface area contributed by atoms with Crippen molar-refractivity contribution in [1.29, 1.82) is 0 Å².